The number of hydrogen-bond acceptors (Lipinski definition) is 0. The van der Waals surface area contributed by atoms with Crippen molar-refractivity contribution in [2.75, 3.05) is 0 Å². The molecule has 2 aromatic rings. The summed E-state index contributed by atoms with van der Waals surface area (Å²) >= 11 is 0. The van der Waals surface area contributed by atoms with Crippen LogP contribution in [0.25, 0.3) is 11.1 Å². The molecule has 0 amide bonds. The Hall–Kier alpha value is -2.10. The highest BCUT2D eigenvalue weighted by atomic mass is 19.2. The first-order valence-electron chi connectivity index (χ1n) is 10.6. The molecular formula is C25H26F4. The Kier molecular flexibility index (Phi) is 5.80. The predicted octanol–water partition coefficient (Wildman–Crippen LogP) is 7.71. The second-order valence-corrected chi connectivity index (χ2v) is 8.44. The molecular weight excluding hydrogens is 376 g/mol. The number of fused-ring (bicyclic) bond motifs is 3. The smallest absolute Gasteiger partial charge is 0.159 e. The minimum atomic E-state index is -1.10. The molecule has 0 nitrogen and oxygen atoms in total. The van der Waals surface area contributed by atoms with Crippen LogP contribution in [-0.2, 0) is 6.42 Å². The summed E-state index contributed by atoms with van der Waals surface area (Å²) in [5, 5.41) is 0. The number of unbranched alkanes of at least 4 members (excludes halogenated alkanes) is 1. The fourth-order valence-electron chi connectivity index (χ4n) is 5.17. The summed E-state index contributed by atoms with van der Waals surface area (Å²) in [7, 11) is 0. The molecule has 4 rings (SSSR count). The van der Waals surface area contributed by atoms with Gasteiger partial charge in [-0.05, 0) is 91.2 Å². The largest absolute Gasteiger partial charge is 0.206 e. The van der Waals surface area contributed by atoms with Gasteiger partial charge >= 0.3 is 0 Å². The van der Waals surface area contributed by atoms with Crippen molar-refractivity contribution in [3.05, 3.63) is 70.8 Å². The van der Waals surface area contributed by atoms with Crippen molar-refractivity contribution in [1.29, 1.82) is 0 Å². The summed E-state index contributed by atoms with van der Waals surface area (Å²) < 4.78 is 57.1. The lowest BCUT2D eigenvalue weighted by molar-refractivity contribution is 0.234. The molecule has 3 atom stereocenters. The van der Waals surface area contributed by atoms with E-state index in [1.165, 1.54) is 12.1 Å². The summed E-state index contributed by atoms with van der Waals surface area (Å²) in [5.74, 6) is -2.26. The number of allylic oxidation sites excluding steroid dienone is 2. The van der Waals surface area contributed by atoms with Gasteiger partial charge < -0.3 is 0 Å². The molecule has 0 aromatic heterocycles. The molecule has 0 bridgehead atoms. The van der Waals surface area contributed by atoms with Crippen LogP contribution in [0.4, 0.5) is 17.6 Å². The van der Waals surface area contributed by atoms with Crippen molar-refractivity contribution in [2.24, 2.45) is 11.8 Å². The number of hydrogen-bond donors (Lipinski definition) is 0. The Bertz CT molecular complexity index is 931. The molecule has 4 heteroatoms. The fraction of sp³-hybridized carbons (Fsp3) is 0.440. The van der Waals surface area contributed by atoms with E-state index in [0.717, 1.165) is 56.2 Å². The second-order valence-electron chi connectivity index (χ2n) is 8.44. The van der Waals surface area contributed by atoms with E-state index in [4.69, 9.17) is 0 Å². The zero-order valence-electron chi connectivity index (χ0n) is 16.7. The van der Waals surface area contributed by atoms with Gasteiger partial charge in [-0.2, -0.15) is 0 Å². The van der Waals surface area contributed by atoms with Gasteiger partial charge in [0.25, 0.3) is 0 Å². The maximum Gasteiger partial charge on any atom is 0.159 e. The molecule has 154 valence electrons. The van der Waals surface area contributed by atoms with Crippen LogP contribution >= 0.6 is 0 Å². The van der Waals surface area contributed by atoms with Crippen LogP contribution in [0.15, 0.2) is 36.4 Å². The van der Waals surface area contributed by atoms with Gasteiger partial charge in [0.1, 0.15) is 11.6 Å². The SMILES string of the molecule is CCC/C=C/C1CCC2c3cc(F)c(-c4ccc(F)c(F)c4)c(F)c3CCC2C1. The van der Waals surface area contributed by atoms with E-state index < -0.39 is 23.3 Å². The van der Waals surface area contributed by atoms with Crippen LogP contribution in [0.2, 0.25) is 0 Å². The first-order chi connectivity index (χ1) is 14.0. The lowest BCUT2D eigenvalue weighted by Gasteiger charge is -2.40. The summed E-state index contributed by atoms with van der Waals surface area (Å²) in [6, 6.07) is 4.44. The molecule has 1 fully saturated rings. The van der Waals surface area contributed by atoms with E-state index in [2.05, 4.69) is 19.1 Å². The maximum absolute atomic E-state index is 15.3. The molecule has 0 aliphatic heterocycles. The second kappa shape index (κ2) is 8.33. The Morgan fingerprint density at radius 1 is 0.966 bits per heavy atom. The van der Waals surface area contributed by atoms with Crippen LogP contribution in [0, 0.1) is 35.1 Å². The van der Waals surface area contributed by atoms with E-state index in [-0.39, 0.29) is 17.0 Å². The third-order valence-corrected chi connectivity index (χ3v) is 6.61. The van der Waals surface area contributed by atoms with Gasteiger partial charge in [-0.25, -0.2) is 17.6 Å². The zero-order chi connectivity index (χ0) is 20.5. The third kappa shape index (κ3) is 3.86. The number of rotatable bonds is 4. The average molecular weight is 402 g/mol. The molecule has 2 aliphatic rings. The third-order valence-electron chi connectivity index (χ3n) is 6.61. The summed E-state index contributed by atoms with van der Waals surface area (Å²) in [6.07, 6.45) is 11.3. The van der Waals surface area contributed by atoms with Crippen molar-refractivity contribution in [2.45, 2.75) is 57.8 Å². The quantitative estimate of drug-likeness (QED) is 0.363. The molecule has 0 heterocycles. The summed E-state index contributed by atoms with van der Waals surface area (Å²) in [5.41, 5.74) is 1.11. The van der Waals surface area contributed by atoms with Crippen LogP contribution in [0.1, 0.15) is 62.5 Å². The Morgan fingerprint density at radius 2 is 1.79 bits per heavy atom. The van der Waals surface area contributed by atoms with Crippen LogP contribution < -0.4 is 0 Å². The van der Waals surface area contributed by atoms with E-state index in [1.807, 2.05) is 0 Å². The van der Waals surface area contributed by atoms with Gasteiger partial charge in [-0.3, -0.25) is 0 Å². The highest BCUT2D eigenvalue weighted by Gasteiger charge is 2.37. The highest BCUT2D eigenvalue weighted by molar-refractivity contribution is 5.67. The Balaban J connectivity index is 1.64. The number of benzene rings is 2. The van der Waals surface area contributed by atoms with E-state index in [1.54, 1.807) is 0 Å². The normalized spacial score (nSPS) is 23.8. The van der Waals surface area contributed by atoms with Gasteiger partial charge in [-0.15, -0.1) is 0 Å². The molecule has 1 saturated carbocycles. The molecule has 2 aromatic carbocycles. The van der Waals surface area contributed by atoms with Crippen LogP contribution in [-0.4, -0.2) is 0 Å². The van der Waals surface area contributed by atoms with Gasteiger partial charge in [0.2, 0.25) is 0 Å². The molecule has 0 N–H and O–H groups in total. The van der Waals surface area contributed by atoms with E-state index >= 15 is 4.39 Å². The highest BCUT2D eigenvalue weighted by Crippen LogP contribution is 2.49. The van der Waals surface area contributed by atoms with Gasteiger partial charge in [0.15, 0.2) is 11.6 Å². The summed E-state index contributed by atoms with van der Waals surface area (Å²) in [4.78, 5) is 0. The fourth-order valence-corrected chi connectivity index (χ4v) is 5.17. The molecule has 2 aliphatic carbocycles. The van der Waals surface area contributed by atoms with Crippen LogP contribution in [0.5, 0.6) is 0 Å². The predicted molar refractivity (Wildman–Crippen MR) is 108 cm³/mol. The minimum absolute atomic E-state index is 0.0357. The lowest BCUT2D eigenvalue weighted by atomic mass is 9.65. The molecule has 0 saturated heterocycles. The topological polar surface area (TPSA) is 0 Å². The van der Waals surface area contributed by atoms with Crippen molar-refractivity contribution in [3.63, 3.8) is 0 Å². The van der Waals surface area contributed by atoms with Crippen molar-refractivity contribution in [3.8, 4) is 11.1 Å². The monoisotopic (exact) mass is 402 g/mol. The molecule has 0 spiro atoms. The molecule has 3 unspecified atom stereocenters. The number of halogens is 4. The Morgan fingerprint density at radius 3 is 2.55 bits per heavy atom. The van der Waals surface area contributed by atoms with Gasteiger partial charge in [0, 0.05) is 0 Å². The lowest BCUT2D eigenvalue weighted by Crippen LogP contribution is -2.28. The average Bonchev–Trinajstić information content (AvgIpc) is 2.70. The minimum Gasteiger partial charge on any atom is -0.206 e. The van der Waals surface area contributed by atoms with Crippen molar-refractivity contribution < 1.29 is 17.6 Å². The summed E-state index contributed by atoms with van der Waals surface area (Å²) in [6.45, 7) is 2.16. The van der Waals surface area contributed by atoms with Gasteiger partial charge in [0.05, 0.1) is 5.56 Å². The molecule has 0 radical (unpaired) electrons. The van der Waals surface area contributed by atoms with Crippen LogP contribution in [0.3, 0.4) is 0 Å². The molecule has 29 heavy (non-hydrogen) atoms. The Labute approximate surface area is 169 Å². The first kappa shape index (κ1) is 20.2. The van der Waals surface area contributed by atoms with Crippen molar-refractivity contribution >= 4 is 0 Å². The zero-order valence-corrected chi connectivity index (χ0v) is 16.7. The van der Waals surface area contributed by atoms with Gasteiger partial charge in [-0.1, -0.05) is 31.6 Å². The standard InChI is InChI=1S/C25H26F4/c1-2-3-4-5-15-6-9-18-16(12-15)7-10-19-20(18)14-23(28)24(25(19)29)17-8-11-21(26)22(27)13-17/h4-5,8,11,13-16,18H,2-3,6-7,9-10,12H2,1H3/b5-4+. The van der Waals surface area contributed by atoms with E-state index in [0.29, 0.717) is 23.8 Å². The maximum atomic E-state index is 15.3. The van der Waals surface area contributed by atoms with Crippen molar-refractivity contribution in [1.82, 2.24) is 0 Å². The first-order valence-corrected chi connectivity index (χ1v) is 10.6. The van der Waals surface area contributed by atoms with E-state index in [9.17, 15) is 13.2 Å².